The van der Waals surface area contributed by atoms with Crippen LogP contribution < -0.4 is 0 Å². The van der Waals surface area contributed by atoms with E-state index < -0.39 is 0 Å². The molecule has 0 saturated carbocycles. The molecule has 0 heterocycles. The molecule has 82 valence electrons. The topological polar surface area (TPSA) is 17.1 Å². The van der Waals surface area contributed by atoms with Crippen LogP contribution >= 0.6 is 24.4 Å². The molecule has 0 amide bonds. The van der Waals surface area contributed by atoms with Gasteiger partial charge in [-0.3, -0.25) is 4.79 Å². The van der Waals surface area contributed by atoms with Crippen LogP contribution in [0, 0.1) is 5.92 Å². The lowest BCUT2D eigenvalue weighted by Crippen LogP contribution is -2.10. The molecule has 0 fully saturated rings. The lowest BCUT2D eigenvalue weighted by molar-refractivity contribution is -0.109. The monoisotopic (exact) mass is 240 g/mol. The first-order chi connectivity index (χ1) is 7.22. The number of carbonyl (C=O) groups is 1. The van der Waals surface area contributed by atoms with E-state index in [1.807, 2.05) is 18.2 Å². The van der Waals surface area contributed by atoms with Gasteiger partial charge < -0.3 is 0 Å². The summed E-state index contributed by atoms with van der Waals surface area (Å²) in [6, 6.07) is 10.3. The molecular formula is C12H16OS2. The third-order valence-electron chi connectivity index (χ3n) is 2.15. The van der Waals surface area contributed by atoms with Crippen LogP contribution in [0.3, 0.4) is 0 Å². The van der Waals surface area contributed by atoms with Gasteiger partial charge >= 0.3 is 0 Å². The summed E-state index contributed by atoms with van der Waals surface area (Å²) >= 11 is 5.72. The lowest BCUT2D eigenvalue weighted by Gasteiger charge is -2.12. The Balaban J connectivity index is 2.43. The van der Waals surface area contributed by atoms with Crippen molar-refractivity contribution in [3.63, 3.8) is 0 Å². The van der Waals surface area contributed by atoms with Crippen molar-refractivity contribution in [2.45, 2.75) is 13.3 Å². The Morgan fingerprint density at radius 2 is 2.07 bits per heavy atom. The number of rotatable bonds is 5. The van der Waals surface area contributed by atoms with Crippen LogP contribution in [0.2, 0.25) is 0 Å². The summed E-state index contributed by atoms with van der Waals surface area (Å²) < 4.78 is 0. The van der Waals surface area contributed by atoms with Crippen LogP contribution in [0.15, 0.2) is 30.3 Å². The number of carbonyl (C=O) groups excluding carboxylic acids is 1. The molecule has 0 aliphatic heterocycles. The van der Waals surface area contributed by atoms with E-state index in [0.717, 1.165) is 17.9 Å². The molecule has 1 atom stereocenters. The van der Waals surface area contributed by atoms with Gasteiger partial charge in [0.2, 0.25) is 0 Å². The molecule has 1 nitrogen and oxygen atoms in total. The van der Waals surface area contributed by atoms with E-state index in [1.54, 1.807) is 6.92 Å². The molecule has 0 bridgehead atoms. The second kappa shape index (κ2) is 6.96. The summed E-state index contributed by atoms with van der Waals surface area (Å²) in [7, 11) is 0. The first kappa shape index (κ1) is 12.7. The van der Waals surface area contributed by atoms with E-state index in [1.165, 1.54) is 17.3 Å². The van der Waals surface area contributed by atoms with Gasteiger partial charge in [0, 0.05) is 12.7 Å². The van der Waals surface area contributed by atoms with Crippen LogP contribution in [-0.4, -0.2) is 16.6 Å². The molecule has 1 aromatic carbocycles. The quantitative estimate of drug-likeness (QED) is 0.797. The van der Waals surface area contributed by atoms with Crippen LogP contribution in [0.5, 0.6) is 0 Å². The van der Waals surface area contributed by atoms with Crippen molar-refractivity contribution < 1.29 is 4.79 Å². The van der Waals surface area contributed by atoms with E-state index >= 15 is 0 Å². The van der Waals surface area contributed by atoms with Crippen molar-refractivity contribution >= 4 is 29.5 Å². The van der Waals surface area contributed by atoms with Crippen LogP contribution in [0.25, 0.3) is 0 Å². The minimum Gasteiger partial charge on any atom is -0.288 e. The Hall–Kier alpha value is -0.410. The number of hydrogen-bond acceptors (Lipinski definition) is 3. The molecular weight excluding hydrogens is 224 g/mol. The van der Waals surface area contributed by atoms with Gasteiger partial charge in [0.05, 0.1) is 0 Å². The highest BCUT2D eigenvalue weighted by molar-refractivity contribution is 8.13. The number of thioether (sulfide) groups is 1. The second-order valence-corrected chi connectivity index (χ2v) is 5.10. The summed E-state index contributed by atoms with van der Waals surface area (Å²) in [6.07, 6.45) is 1.00. The van der Waals surface area contributed by atoms with E-state index in [9.17, 15) is 4.79 Å². The maximum atomic E-state index is 10.9. The van der Waals surface area contributed by atoms with Gasteiger partial charge in [-0.2, -0.15) is 12.6 Å². The van der Waals surface area contributed by atoms with Gasteiger partial charge in [-0.05, 0) is 23.7 Å². The lowest BCUT2D eigenvalue weighted by atomic mass is 10.0. The molecule has 1 rings (SSSR count). The Kier molecular flexibility index (Phi) is 5.88. The van der Waals surface area contributed by atoms with Crippen LogP contribution in [-0.2, 0) is 11.2 Å². The first-order valence-corrected chi connectivity index (χ1v) is 6.62. The zero-order valence-electron chi connectivity index (χ0n) is 8.85. The highest BCUT2D eigenvalue weighted by Gasteiger charge is 2.09. The van der Waals surface area contributed by atoms with E-state index in [0.29, 0.717) is 5.92 Å². The third kappa shape index (κ3) is 5.28. The number of hydrogen-bond donors (Lipinski definition) is 1. The van der Waals surface area contributed by atoms with Crippen molar-refractivity contribution in [3.05, 3.63) is 35.9 Å². The fraction of sp³-hybridized carbons (Fsp3) is 0.417. The molecule has 15 heavy (non-hydrogen) atoms. The average Bonchev–Trinajstić information content (AvgIpc) is 2.25. The van der Waals surface area contributed by atoms with Crippen molar-refractivity contribution in [2.24, 2.45) is 5.92 Å². The zero-order valence-corrected chi connectivity index (χ0v) is 10.6. The minimum atomic E-state index is 0.190. The summed E-state index contributed by atoms with van der Waals surface area (Å²) in [6.45, 7) is 1.61. The molecule has 1 unspecified atom stereocenters. The van der Waals surface area contributed by atoms with Crippen molar-refractivity contribution in [1.82, 2.24) is 0 Å². The molecule has 0 aromatic heterocycles. The standard InChI is InChI=1S/C12H16OS2/c1-10(13)15-9-12(8-14)7-11-5-3-2-4-6-11/h2-6,12,14H,7-9H2,1H3. The van der Waals surface area contributed by atoms with E-state index in [4.69, 9.17) is 0 Å². The van der Waals surface area contributed by atoms with Gasteiger partial charge in [-0.25, -0.2) is 0 Å². The van der Waals surface area contributed by atoms with Crippen molar-refractivity contribution in [2.75, 3.05) is 11.5 Å². The maximum Gasteiger partial charge on any atom is 0.185 e. The SMILES string of the molecule is CC(=O)SCC(CS)Cc1ccccc1. The Bertz CT molecular complexity index is 298. The van der Waals surface area contributed by atoms with E-state index in [2.05, 4.69) is 24.8 Å². The second-order valence-electron chi connectivity index (χ2n) is 3.54. The highest BCUT2D eigenvalue weighted by Crippen LogP contribution is 2.16. The summed E-state index contributed by atoms with van der Waals surface area (Å²) in [4.78, 5) is 10.9. The van der Waals surface area contributed by atoms with Crippen LogP contribution in [0.4, 0.5) is 0 Å². The molecule has 0 spiro atoms. The molecule has 3 heteroatoms. The Morgan fingerprint density at radius 3 is 2.60 bits per heavy atom. The Labute approximate surface area is 101 Å². The van der Waals surface area contributed by atoms with Gasteiger partial charge in [0.15, 0.2) is 5.12 Å². The smallest absolute Gasteiger partial charge is 0.185 e. The fourth-order valence-electron chi connectivity index (χ4n) is 1.36. The van der Waals surface area contributed by atoms with Crippen molar-refractivity contribution in [1.29, 1.82) is 0 Å². The fourth-order valence-corrected chi connectivity index (χ4v) is 2.50. The predicted octanol–water partition coefficient (Wildman–Crippen LogP) is 3.05. The number of thiol groups is 1. The van der Waals surface area contributed by atoms with Crippen LogP contribution in [0.1, 0.15) is 12.5 Å². The summed E-state index contributed by atoms with van der Waals surface area (Å²) in [5.41, 5.74) is 1.32. The highest BCUT2D eigenvalue weighted by atomic mass is 32.2. The zero-order chi connectivity index (χ0) is 11.1. The van der Waals surface area contributed by atoms with Gasteiger partial charge in [-0.1, -0.05) is 42.1 Å². The summed E-state index contributed by atoms with van der Waals surface area (Å²) in [5, 5.41) is 0.190. The minimum absolute atomic E-state index is 0.190. The first-order valence-electron chi connectivity index (χ1n) is 5.00. The average molecular weight is 240 g/mol. The molecule has 1 aromatic rings. The Morgan fingerprint density at radius 1 is 1.40 bits per heavy atom. The van der Waals surface area contributed by atoms with Gasteiger partial charge in [-0.15, -0.1) is 0 Å². The largest absolute Gasteiger partial charge is 0.288 e. The molecule has 0 N–H and O–H groups in total. The van der Waals surface area contributed by atoms with E-state index in [-0.39, 0.29) is 5.12 Å². The molecule has 0 aliphatic rings. The third-order valence-corrected chi connectivity index (χ3v) is 3.71. The molecule has 0 aliphatic carbocycles. The summed E-state index contributed by atoms with van der Waals surface area (Å²) in [5.74, 6) is 2.17. The molecule has 0 radical (unpaired) electrons. The molecule has 0 saturated heterocycles. The van der Waals surface area contributed by atoms with Gasteiger partial charge in [0.25, 0.3) is 0 Å². The van der Waals surface area contributed by atoms with Crippen molar-refractivity contribution in [3.8, 4) is 0 Å². The predicted molar refractivity (Wildman–Crippen MR) is 70.6 cm³/mol. The normalized spacial score (nSPS) is 12.4. The van der Waals surface area contributed by atoms with Gasteiger partial charge in [0.1, 0.15) is 0 Å². The number of benzene rings is 1. The maximum absolute atomic E-state index is 10.9.